The van der Waals surface area contributed by atoms with E-state index < -0.39 is 9.84 Å². The Labute approximate surface area is 174 Å². The zero-order valence-corrected chi connectivity index (χ0v) is 18.4. The second kappa shape index (κ2) is 9.62. The fourth-order valence-electron chi connectivity index (χ4n) is 4.62. The summed E-state index contributed by atoms with van der Waals surface area (Å²) >= 11 is 5.99. The second-order valence-electron chi connectivity index (χ2n) is 8.51. The molecule has 1 aromatic rings. The molecule has 1 atom stereocenters. The molecule has 0 aromatic heterocycles. The van der Waals surface area contributed by atoms with E-state index in [0.29, 0.717) is 18.0 Å². The largest absolute Gasteiger partial charge is 0.334 e. The first-order chi connectivity index (χ1) is 13.4. The van der Waals surface area contributed by atoms with Crippen LogP contribution in [0.5, 0.6) is 0 Å². The van der Waals surface area contributed by atoms with E-state index in [2.05, 4.69) is 6.92 Å². The lowest BCUT2D eigenvalue weighted by molar-refractivity contribution is -0.139. The molecule has 0 bridgehead atoms. The summed E-state index contributed by atoms with van der Waals surface area (Å²) in [7, 11) is -3.04. The van der Waals surface area contributed by atoms with Crippen LogP contribution in [0.2, 0.25) is 5.02 Å². The first-order valence-corrected chi connectivity index (χ1v) is 12.8. The van der Waals surface area contributed by atoms with Crippen LogP contribution in [0.1, 0.15) is 63.9 Å². The standard InChI is InChI=1S/C22H32ClNO3S/c1-2-3-4-17-5-9-19(10-6-17)22(25)24(21-13-14-28(26,27)16-21)15-18-7-11-20(23)12-8-18/h7-8,11-12,17,19,21H,2-6,9-10,13-16H2,1H3/t17?,19?,21-/m1/s1. The highest BCUT2D eigenvalue weighted by molar-refractivity contribution is 7.91. The van der Waals surface area contributed by atoms with Gasteiger partial charge in [-0.25, -0.2) is 8.42 Å². The molecule has 1 amide bonds. The number of carbonyl (C=O) groups excluding carboxylic acids is 1. The molecule has 6 heteroatoms. The van der Waals surface area contributed by atoms with Gasteiger partial charge in [0.15, 0.2) is 9.84 Å². The maximum absolute atomic E-state index is 13.4. The van der Waals surface area contributed by atoms with Crippen LogP contribution in [0.25, 0.3) is 0 Å². The predicted octanol–water partition coefficient (Wildman–Crippen LogP) is 4.85. The number of hydrogen-bond acceptors (Lipinski definition) is 3. The fourth-order valence-corrected chi connectivity index (χ4v) is 6.48. The van der Waals surface area contributed by atoms with Crippen molar-refractivity contribution < 1.29 is 13.2 Å². The number of rotatable bonds is 7. The highest BCUT2D eigenvalue weighted by Gasteiger charge is 2.38. The first kappa shape index (κ1) is 21.6. The van der Waals surface area contributed by atoms with E-state index in [0.717, 1.165) is 37.2 Å². The summed E-state index contributed by atoms with van der Waals surface area (Å²) in [6, 6.07) is 7.29. The van der Waals surface area contributed by atoms with Crippen LogP contribution >= 0.6 is 11.6 Å². The van der Waals surface area contributed by atoms with Gasteiger partial charge < -0.3 is 4.90 Å². The number of amides is 1. The van der Waals surface area contributed by atoms with Gasteiger partial charge in [0, 0.05) is 23.5 Å². The number of nitrogens with zero attached hydrogens (tertiary/aromatic N) is 1. The molecule has 0 unspecified atom stereocenters. The zero-order chi connectivity index (χ0) is 20.1. The fraction of sp³-hybridized carbons (Fsp3) is 0.682. The van der Waals surface area contributed by atoms with Gasteiger partial charge in [0.05, 0.1) is 11.5 Å². The summed E-state index contributed by atoms with van der Waals surface area (Å²) in [6.45, 7) is 2.69. The molecule has 28 heavy (non-hydrogen) atoms. The lowest BCUT2D eigenvalue weighted by atomic mass is 9.79. The molecule has 1 aromatic carbocycles. The molecule has 0 N–H and O–H groups in total. The minimum atomic E-state index is -3.04. The first-order valence-electron chi connectivity index (χ1n) is 10.6. The molecular weight excluding hydrogens is 394 g/mol. The summed E-state index contributed by atoms with van der Waals surface area (Å²) in [5, 5.41) is 0.662. The number of hydrogen-bond donors (Lipinski definition) is 0. The molecule has 1 saturated heterocycles. The molecule has 1 saturated carbocycles. The number of unbranched alkanes of at least 4 members (excludes halogenated alkanes) is 1. The lowest BCUT2D eigenvalue weighted by Crippen LogP contribution is -2.44. The number of benzene rings is 1. The average molecular weight is 426 g/mol. The van der Waals surface area contributed by atoms with Gasteiger partial charge in [0.25, 0.3) is 0 Å². The third kappa shape index (κ3) is 5.73. The minimum absolute atomic E-state index is 0.0356. The Bertz CT molecular complexity index is 754. The number of sulfone groups is 1. The minimum Gasteiger partial charge on any atom is -0.334 e. The third-order valence-electron chi connectivity index (χ3n) is 6.36. The Kier molecular flexibility index (Phi) is 7.43. The van der Waals surface area contributed by atoms with E-state index in [4.69, 9.17) is 11.6 Å². The average Bonchev–Trinajstić information content (AvgIpc) is 3.05. The second-order valence-corrected chi connectivity index (χ2v) is 11.2. The zero-order valence-electron chi connectivity index (χ0n) is 16.8. The summed E-state index contributed by atoms with van der Waals surface area (Å²) in [5.74, 6) is 1.21. The molecule has 1 aliphatic carbocycles. The molecule has 156 valence electrons. The Morgan fingerprint density at radius 3 is 2.36 bits per heavy atom. The van der Waals surface area contributed by atoms with Crippen LogP contribution in [0.4, 0.5) is 0 Å². The van der Waals surface area contributed by atoms with Gasteiger partial charge in [-0.1, -0.05) is 49.9 Å². The highest BCUT2D eigenvalue weighted by Crippen LogP contribution is 2.34. The van der Waals surface area contributed by atoms with Crippen molar-refractivity contribution in [3.63, 3.8) is 0 Å². The van der Waals surface area contributed by atoms with E-state index >= 15 is 0 Å². The molecule has 4 nitrogen and oxygen atoms in total. The Morgan fingerprint density at radius 1 is 1.11 bits per heavy atom. The summed E-state index contributed by atoms with van der Waals surface area (Å²) in [4.78, 5) is 15.2. The van der Waals surface area contributed by atoms with Crippen molar-refractivity contribution in [3.8, 4) is 0 Å². The third-order valence-corrected chi connectivity index (χ3v) is 8.36. The quantitative estimate of drug-likeness (QED) is 0.627. The maximum Gasteiger partial charge on any atom is 0.226 e. The van der Waals surface area contributed by atoms with Gasteiger partial charge in [-0.05, 0) is 55.7 Å². The van der Waals surface area contributed by atoms with Crippen LogP contribution in [0.3, 0.4) is 0 Å². The number of halogens is 1. The van der Waals surface area contributed by atoms with Crippen molar-refractivity contribution in [1.29, 1.82) is 0 Å². The van der Waals surface area contributed by atoms with Crippen molar-refractivity contribution in [2.24, 2.45) is 11.8 Å². The van der Waals surface area contributed by atoms with Crippen LogP contribution < -0.4 is 0 Å². The summed E-state index contributed by atoms with van der Waals surface area (Å²) < 4.78 is 24.1. The SMILES string of the molecule is CCCCC1CCC(C(=O)N(Cc2ccc(Cl)cc2)[C@@H]2CCS(=O)(=O)C2)CC1. The van der Waals surface area contributed by atoms with E-state index in [1.807, 2.05) is 29.2 Å². The van der Waals surface area contributed by atoms with Crippen molar-refractivity contribution in [3.05, 3.63) is 34.9 Å². The molecule has 2 aliphatic rings. The van der Waals surface area contributed by atoms with Crippen LogP contribution in [0.15, 0.2) is 24.3 Å². The van der Waals surface area contributed by atoms with Gasteiger partial charge in [0.1, 0.15) is 0 Å². The molecule has 0 radical (unpaired) electrons. The molecular formula is C22H32ClNO3S. The Hall–Kier alpha value is -1.07. The summed E-state index contributed by atoms with van der Waals surface area (Å²) in [5.41, 5.74) is 0.999. The highest BCUT2D eigenvalue weighted by atomic mass is 35.5. The van der Waals surface area contributed by atoms with Crippen molar-refractivity contribution in [1.82, 2.24) is 4.90 Å². The lowest BCUT2D eigenvalue weighted by Gasteiger charge is -2.35. The Balaban J connectivity index is 1.69. The van der Waals surface area contributed by atoms with Gasteiger partial charge in [-0.2, -0.15) is 0 Å². The molecule has 0 spiro atoms. The van der Waals surface area contributed by atoms with Crippen LogP contribution in [-0.4, -0.2) is 36.8 Å². The van der Waals surface area contributed by atoms with E-state index in [9.17, 15) is 13.2 Å². The van der Waals surface area contributed by atoms with Crippen molar-refractivity contribution in [2.75, 3.05) is 11.5 Å². The Morgan fingerprint density at radius 2 is 1.79 bits per heavy atom. The van der Waals surface area contributed by atoms with Gasteiger partial charge in [-0.3, -0.25) is 4.79 Å². The van der Waals surface area contributed by atoms with E-state index in [1.165, 1.54) is 19.3 Å². The van der Waals surface area contributed by atoms with E-state index in [1.54, 1.807) is 0 Å². The molecule has 1 heterocycles. The number of carbonyl (C=O) groups is 1. The molecule has 2 fully saturated rings. The van der Waals surface area contributed by atoms with Gasteiger partial charge in [-0.15, -0.1) is 0 Å². The van der Waals surface area contributed by atoms with Crippen LogP contribution in [-0.2, 0) is 21.2 Å². The van der Waals surface area contributed by atoms with Crippen molar-refractivity contribution >= 4 is 27.3 Å². The smallest absolute Gasteiger partial charge is 0.226 e. The van der Waals surface area contributed by atoms with Gasteiger partial charge in [0.2, 0.25) is 5.91 Å². The maximum atomic E-state index is 13.4. The predicted molar refractivity (Wildman–Crippen MR) is 114 cm³/mol. The topological polar surface area (TPSA) is 54.5 Å². The van der Waals surface area contributed by atoms with Crippen LogP contribution in [0, 0.1) is 11.8 Å². The van der Waals surface area contributed by atoms with E-state index in [-0.39, 0.29) is 29.4 Å². The van der Waals surface area contributed by atoms with Gasteiger partial charge >= 0.3 is 0 Å². The summed E-state index contributed by atoms with van der Waals surface area (Å²) in [6.07, 6.45) is 8.42. The van der Waals surface area contributed by atoms with Crippen molar-refractivity contribution in [2.45, 2.75) is 70.9 Å². The normalized spacial score (nSPS) is 26.9. The monoisotopic (exact) mass is 425 g/mol. The molecule has 1 aliphatic heterocycles. The molecule has 3 rings (SSSR count).